The summed E-state index contributed by atoms with van der Waals surface area (Å²) in [4.78, 5) is 17.9. The lowest BCUT2D eigenvalue weighted by Gasteiger charge is -2.39. The number of hydrogen-bond donors (Lipinski definition) is 0. The zero-order valence-corrected chi connectivity index (χ0v) is 33.3. The molecule has 0 N–H and O–H groups in total. The van der Waals surface area contributed by atoms with E-state index in [0.29, 0.717) is 17.5 Å². The van der Waals surface area contributed by atoms with E-state index in [2.05, 4.69) is 194 Å². The SMILES string of the molecule is c1ccc(-c2nc(-c3ccc(-c4ccc5c(c4)Sc4ccccc4C54c5ccccc5-c5ccccc54)cc3)nc(-c3ccc(-c4ccccc4)c4ccccc34)n2)cc1. The number of nitrogens with zero attached hydrogens (tertiary/aromatic N) is 3. The first-order valence-corrected chi connectivity index (χ1v) is 21.2. The van der Waals surface area contributed by atoms with Gasteiger partial charge in [-0.1, -0.05) is 206 Å². The molecule has 0 saturated carbocycles. The number of hydrogen-bond acceptors (Lipinski definition) is 4. The number of rotatable bonds is 5. The Morgan fingerprint density at radius 2 is 0.750 bits per heavy atom. The summed E-state index contributed by atoms with van der Waals surface area (Å²) in [5, 5.41) is 2.26. The van der Waals surface area contributed by atoms with E-state index < -0.39 is 0 Å². The molecule has 1 aromatic heterocycles. The summed E-state index contributed by atoms with van der Waals surface area (Å²) >= 11 is 1.87. The standard InChI is InChI=1S/C56H35N3S/c1-3-15-37(16-4-1)41-32-33-46(43-20-8-7-19-42(41)43)55-58-53(38-17-5-2-6-18-38)57-54(59-55)39-29-27-36(28-30-39)40-31-34-50-52(35-40)60-51-26-14-13-25-49(51)56(50)47-23-11-9-21-44(47)45-22-10-12-24-48(45)56/h1-35H. The first kappa shape index (κ1) is 34.6. The van der Waals surface area contributed by atoms with E-state index in [1.54, 1.807) is 0 Å². The summed E-state index contributed by atoms with van der Waals surface area (Å²) < 4.78 is 0. The van der Waals surface area contributed by atoms with Gasteiger partial charge >= 0.3 is 0 Å². The van der Waals surface area contributed by atoms with Crippen molar-refractivity contribution in [3.05, 3.63) is 235 Å². The zero-order chi connectivity index (χ0) is 39.6. The normalized spacial score (nSPS) is 13.1. The van der Waals surface area contributed by atoms with Crippen LogP contribution in [0.4, 0.5) is 0 Å². The molecule has 0 fully saturated rings. The molecule has 3 nitrogen and oxygen atoms in total. The van der Waals surface area contributed by atoms with Crippen molar-refractivity contribution in [2.45, 2.75) is 15.2 Å². The van der Waals surface area contributed by atoms with E-state index in [0.717, 1.165) is 33.0 Å². The lowest BCUT2D eigenvalue weighted by atomic mass is 9.67. The van der Waals surface area contributed by atoms with Gasteiger partial charge in [0.25, 0.3) is 0 Å². The first-order chi connectivity index (χ1) is 29.7. The molecule has 0 unspecified atom stereocenters. The van der Waals surface area contributed by atoms with Gasteiger partial charge in [0.1, 0.15) is 0 Å². The fourth-order valence-corrected chi connectivity index (χ4v) is 10.8. The molecule has 1 aliphatic carbocycles. The average Bonchev–Trinajstić information content (AvgIpc) is 3.62. The van der Waals surface area contributed by atoms with Crippen LogP contribution in [0.25, 0.3) is 78.3 Å². The minimum Gasteiger partial charge on any atom is -0.208 e. The van der Waals surface area contributed by atoms with Crippen LogP contribution in [0.1, 0.15) is 22.3 Å². The molecule has 10 aromatic rings. The van der Waals surface area contributed by atoms with Crippen LogP contribution in [-0.4, -0.2) is 15.0 Å². The second kappa shape index (κ2) is 13.9. The topological polar surface area (TPSA) is 38.7 Å². The van der Waals surface area contributed by atoms with Gasteiger partial charge in [-0.3, -0.25) is 0 Å². The van der Waals surface area contributed by atoms with Crippen LogP contribution in [0.3, 0.4) is 0 Å². The van der Waals surface area contributed by atoms with Gasteiger partial charge in [-0.2, -0.15) is 0 Å². The highest BCUT2D eigenvalue weighted by atomic mass is 32.2. The molecule has 12 rings (SSSR count). The highest BCUT2D eigenvalue weighted by Crippen LogP contribution is 2.62. The minimum absolute atomic E-state index is 0.382. The first-order valence-electron chi connectivity index (χ1n) is 20.4. The van der Waals surface area contributed by atoms with Gasteiger partial charge in [-0.15, -0.1) is 0 Å². The summed E-state index contributed by atoms with van der Waals surface area (Å²) in [5.74, 6) is 1.93. The largest absolute Gasteiger partial charge is 0.208 e. The van der Waals surface area contributed by atoms with Crippen molar-refractivity contribution < 1.29 is 0 Å². The van der Waals surface area contributed by atoms with Crippen molar-refractivity contribution in [3.8, 4) is 67.5 Å². The fourth-order valence-electron chi connectivity index (χ4n) is 9.56. The highest BCUT2D eigenvalue weighted by Gasteiger charge is 2.50. The van der Waals surface area contributed by atoms with E-state index in [-0.39, 0.29) is 5.41 Å². The van der Waals surface area contributed by atoms with Gasteiger partial charge in [0.05, 0.1) is 5.41 Å². The third-order valence-electron chi connectivity index (χ3n) is 12.2. The summed E-state index contributed by atoms with van der Waals surface area (Å²) in [6.45, 7) is 0. The Balaban J connectivity index is 0.961. The van der Waals surface area contributed by atoms with Crippen molar-refractivity contribution in [2.24, 2.45) is 0 Å². The maximum Gasteiger partial charge on any atom is 0.164 e. The molecule has 9 aromatic carbocycles. The predicted octanol–water partition coefficient (Wildman–Crippen LogP) is 14.2. The molecule has 0 amide bonds. The van der Waals surface area contributed by atoms with Crippen LogP contribution in [0, 0.1) is 0 Å². The van der Waals surface area contributed by atoms with Crippen LogP contribution in [0.15, 0.2) is 222 Å². The highest BCUT2D eigenvalue weighted by molar-refractivity contribution is 7.99. The van der Waals surface area contributed by atoms with E-state index in [9.17, 15) is 0 Å². The lowest BCUT2D eigenvalue weighted by Crippen LogP contribution is -2.31. The average molecular weight is 782 g/mol. The van der Waals surface area contributed by atoms with E-state index in [1.165, 1.54) is 59.9 Å². The van der Waals surface area contributed by atoms with Crippen LogP contribution in [-0.2, 0) is 5.41 Å². The van der Waals surface area contributed by atoms with Crippen LogP contribution >= 0.6 is 11.8 Å². The van der Waals surface area contributed by atoms with Crippen LogP contribution < -0.4 is 0 Å². The Hall–Kier alpha value is -7.40. The molecule has 2 heterocycles. The Bertz CT molecular complexity index is 3240. The molecule has 0 bridgehead atoms. The van der Waals surface area contributed by atoms with Gasteiger partial charge in [-0.25, -0.2) is 15.0 Å². The Morgan fingerprint density at radius 1 is 0.283 bits per heavy atom. The van der Waals surface area contributed by atoms with E-state index in [1.807, 2.05) is 30.0 Å². The number of benzene rings is 9. The predicted molar refractivity (Wildman–Crippen MR) is 246 cm³/mol. The number of fused-ring (bicyclic) bond motifs is 10. The van der Waals surface area contributed by atoms with E-state index in [4.69, 9.17) is 15.0 Å². The van der Waals surface area contributed by atoms with Gasteiger partial charge in [0.2, 0.25) is 0 Å². The summed E-state index contributed by atoms with van der Waals surface area (Å²) in [6, 6.07) is 76.2. The second-order valence-electron chi connectivity index (χ2n) is 15.5. The Labute approximate surface area is 353 Å². The molecule has 2 aliphatic rings. The molecule has 0 saturated heterocycles. The third-order valence-corrected chi connectivity index (χ3v) is 13.4. The minimum atomic E-state index is -0.382. The maximum absolute atomic E-state index is 5.19. The van der Waals surface area contributed by atoms with Crippen molar-refractivity contribution in [2.75, 3.05) is 0 Å². The smallest absolute Gasteiger partial charge is 0.164 e. The molecular weight excluding hydrogens is 747 g/mol. The van der Waals surface area contributed by atoms with Crippen molar-refractivity contribution >= 4 is 22.5 Å². The van der Waals surface area contributed by atoms with Crippen LogP contribution in [0.2, 0.25) is 0 Å². The zero-order valence-electron chi connectivity index (χ0n) is 32.5. The molecule has 4 heteroatoms. The van der Waals surface area contributed by atoms with Gasteiger partial charge in [0, 0.05) is 26.5 Å². The quantitative estimate of drug-likeness (QED) is 0.174. The van der Waals surface area contributed by atoms with E-state index >= 15 is 0 Å². The fraction of sp³-hybridized carbons (Fsp3) is 0.0179. The van der Waals surface area contributed by atoms with Gasteiger partial charge < -0.3 is 0 Å². The molecule has 0 atom stereocenters. The van der Waals surface area contributed by atoms with Gasteiger partial charge in [-0.05, 0) is 84.6 Å². The third kappa shape index (κ3) is 5.35. The van der Waals surface area contributed by atoms with Crippen molar-refractivity contribution in [1.82, 2.24) is 15.0 Å². The maximum atomic E-state index is 5.19. The molecule has 1 aliphatic heterocycles. The Kier molecular flexibility index (Phi) is 8.00. The summed E-state index contributed by atoms with van der Waals surface area (Å²) in [7, 11) is 0. The van der Waals surface area contributed by atoms with Gasteiger partial charge in [0.15, 0.2) is 17.5 Å². The Morgan fingerprint density at radius 3 is 1.43 bits per heavy atom. The second-order valence-corrected chi connectivity index (χ2v) is 16.6. The summed E-state index contributed by atoms with van der Waals surface area (Å²) in [6.07, 6.45) is 0. The summed E-state index contributed by atoms with van der Waals surface area (Å²) in [5.41, 5.74) is 15.2. The molecule has 1 spiro atoms. The molecule has 60 heavy (non-hydrogen) atoms. The monoisotopic (exact) mass is 781 g/mol. The molecule has 0 radical (unpaired) electrons. The van der Waals surface area contributed by atoms with Crippen molar-refractivity contribution in [3.63, 3.8) is 0 Å². The molecule has 280 valence electrons. The van der Waals surface area contributed by atoms with Crippen molar-refractivity contribution in [1.29, 1.82) is 0 Å². The molecular formula is C56H35N3S. The van der Waals surface area contributed by atoms with Crippen LogP contribution in [0.5, 0.6) is 0 Å². The lowest BCUT2D eigenvalue weighted by molar-refractivity contribution is 0.722. The number of aromatic nitrogens is 3.